The van der Waals surface area contributed by atoms with Crippen LogP contribution in [0.5, 0.6) is 0 Å². The summed E-state index contributed by atoms with van der Waals surface area (Å²) in [5.41, 5.74) is 0.955. The lowest BCUT2D eigenvalue weighted by molar-refractivity contribution is -0.126. The van der Waals surface area contributed by atoms with Crippen molar-refractivity contribution in [1.82, 2.24) is 5.32 Å². The maximum Gasteiger partial charge on any atom is 0.252 e. The van der Waals surface area contributed by atoms with E-state index in [0.29, 0.717) is 0 Å². The van der Waals surface area contributed by atoms with Crippen molar-refractivity contribution in [3.63, 3.8) is 0 Å². The van der Waals surface area contributed by atoms with Crippen LogP contribution in [-0.4, -0.2) is 29.9 Å². The normalized spacial score (nSPS) is 20.5. The summed E-state index contributed by atoms with van der Waals surface area (Å²) in [6.45, 7) is 3.76. The van der Waals surface area contributed by atoms with Gasteiger partial charge in [-0.15, -0.1) is 0 Å². The molecule has 1 heterocycles. The smallest absolute Gasteiger partial charge is 0.252 e. The van der Waals surface area contributed by atoms with Crippen molar-refractivity contribution in [3.8, 4) is 0 Å². The van der Waals surface area contributed by atoms with Gasteiger partial charge in [-0.1, -0.05) is 25.0 Å². The quantitative estimate of drug-likeness (QED) is 0.900. The van der Waals surface area contributed by atoms with Crippen LogP contribution in [-0.2, 0) is 9.59 Å². The van der Waals surface area contributed by atoms with E-state index in [2.05, 4.69) is 10.6 Å². The van der Waals surface area contributed by atoms with Gasteiger partial charge in [-0.05, 0) is 38.8 Å². The standard InChI is InChI=1S/C17H23N3O2/c1-17(2)16(22)20(14-10-6-5-9-13(14)19-17)11-15(21)18-12-7-3-4-8-12/h5-6,9-10,12,19H,3-4,7-8,11H2,1-2H3,(H,18,21). The van der Waals surface area contributed by atoms with E-state index in [1.165, 1.54) is 12.8 Å². The highest BCUT2D eigenvalue weighted by atomic mass is 16.2. The molecule has 5 nitrogen and oxygen atoms in total. The molecule has 0 aromatic heterocycles. The van der Waals surface area contributed by atoms with Crippen molar-refractivity contribution in [1.29, 1.82) is 0 Å². The third kappa shape index (κ3) is 2.80. The number of amides is 2. The molecule has 0 atom stereocenters. The first kappa shape index (κ1) is 14.9. The number of carbonyl (C=O) groups is 2. The minimum Gasteiger partial charge on any atom is -0.370 e. The summed E-state index contributed by atoms with van der Waals surface area (Å²) in [6, 6.07) is 7.89. The third-order valence-electron chi connectivity index (χ3n) is 4.44. The van der Waals surface area contributed by atoms with Gasteiger partial charge in [0.05, 0.1) is 11.4 Å². The second kappa shape index (κ2) is 5.63. The minimum atomic E-state index is -0.706. The maximum atomic E-state index is 12.7. The highest BCUT2D eigenvalue weighted by Crippen LogP contribution is 2.34. The van der Waals surface area contributed by atoms with E-state index in [0.717, 1.165) is 24.2 Å². The highest BCUT2D eigenvalue weighted by molar-refractivity contribution is 6.09. The molecule has 118 valence electrons. The zero-order valence-electron chi connectivity index (χ0n) is 13.2. The Balaban J connectivity index is 1.78. The Kier molecular flexibility index (Phi) is 3.81. The number of hydrogen-bond acceptors (Lipinski definition) is 3. The lowest BCUT2D eigenvalue weighted by Gasteiger charge is -2.39. The van der Waals surface area contributed by atoms with E-state index in [1.807, 2.05) is 38.1 Å². The average molecular weight is 301 g/mol. The summed E-state index contributed by atoms with van der Waals surface area (Å²) in [5, 5.41) is 6.29. The van der Waals surface area contributed by atoms with Crippen molar-refractivity contribution in [2.75, 3.05) is 16.8 Å². The van der Waals surface area contributed by atoms with Gasteiger partial charge in [0.2, 0.25) is 5.91 Å². The Morgan fingerprint density at radius 1 is 1.32 bits per heavy atom. The first-order chi connectivity index (χ1) is 10.5. The van der Waals surface area contributed by atoms with Gasteiger partial charge in [-0.3, -0.25) is 14.5 Å². The summed E-state index contributed by atoms with van der Waals surface area (Å²) in [6.07, 6.45) is 4.44. The molecule has 22 heavy (non-hydrogen) atoms. The molecule has 0 bridgehead atoms. The van der Waals surface area contributed by atoms with Gasteiger partial charge in [-0.2, -0.15) is 0 Å². The number of anilines is 2. The number of hydrogen-bond donors (Lipinski definition) is 2. The van der Waals surface area contributed by atoms with Crippen molar-refractivity contribution in [2.24, 2.45) is 0 Å². The highest BCUT2D eigenvalue weighted by Gasteiger charge is 2.39. The van der Waals surface area contributed by atoms with Crippen LogP contribution in [0.25, 0.3) is 0 Å². The Bertz CT molecular complexity index is 591. The van der Waals surface area contributed by atoms with Crippen molar-refractivity contribution in [2.45, 2.75) is 51.1 Å². The summed E-state index contributed by atoms with van der Waals surface area (Å²) in [7, 11) is 0. The minimum absolute atomic E-state index is 0.0761. The van der Waals surface area contributed by atoms with Gasteiger partial charge in [0.25, 0.3) is 5.91 Å². The molecule has 2 N–H and O–H groups in total. The maximum absolute atomic E-state index is 12.7. The van der Waals surface area contributed by atoms with Gasteiger partial charge in [0.15, 0.2) is 0 Å². The summed E-state index contributed by atoms with van der Waals surface area (Å²) in [4.78, 5) is 26.6. The van der Waals surface area contributed by atoms with Crippen LogP contribution in [0.3, 0.4) is 0 Å². The second-order valence-corrected chi connectivity index (χ2v) is 6.71. The van der Waals surface area contributed by atoms with Crippen LogP contribution in [0.4, 0.5) is 11.4 Å². The molecule has 1 aromatic rings. The lowest BCUT2D eigenvalue weighted by atomic mass is 9.98. The largest absolute Gasteiger partial charge is 0.370 e. The number of carbonyl (C=O) groups excluding carboxylic acids is 2. The van der Waals surface area contributed by atoms with Crippen molar-refractivity contribution in [3.05, 3.63) is 24.3 Å². The zero-order valence-corrected chi connectivity index (χ0v) is 13.2. The Morgan fingerprint density at radius 2 is 2.00 bits per heavy atom. The molecule has 2 amide bonds. The summed E-state index contributed by atoms with van der Waals surface area (Å²) in [5.74, 6) is -0.152. The molecule has 1 aliphatic heterocycles. The van der Waals surface area contributed by atoms with Gasteiger partial charge in [0, 0.05) is 6.04 Å². The number of nitrogens with one attached hydrogen (secondary N) is 2. The Hall–Kier alpha value is -2.04. The van der Waals surface area contributed by atoms with Crippen molar-refractivity contribution < 1.29 is 9.59 Å². The predicted molar refractivity (Wildman–Crippen MR) is 86.9 cm³/mol. The van der Waals surface area contributed by atoms with Gasteiger partial charge in [0.1, 0.15) is 12.1 Å². The number of fused-ring (bicyclic) bond motifs is 1. The topological polar surface area (TPSA) is 61.4 Å². The molecule has 0 spiro atoms. The molecule has 3 rings (SSSR count). The molecule has 5 heteroatoms. The number of benzene rings is 1. The molecule has 1 aliphatic carbocycles. The fourth-order valence-electron chi connectivity index (χ4n) is 3.30. The van der Waals surface area contributed by atoms with Crippen molar-refractivity contribution >= 4 is 23.2 Å². The van der Waals surface area contributed by atoms with E-state index in [1.54, 1.807) is 4.90 Å². The van der Waals surface area contributed by atoms with Gasteiger partial charge >= 0.3 is 0 Å². The second-order valence-electron chi connectivity index (χ2n) is 6.71. The van der Waals surface area contributed by atoms with Gasteiger partial charge in [-0.25, -0.2) is 0 Å². The molecule has 0 radical (unpaired) electrons. The first-order valence-electron chi connectivity index (χ1n) is 7.96. The molecule has 1 aromatic carbocycles. The summed E-state index contributed by atoms with van der Waals surface area (Å²) < 4.78 is 0. The molecular formula is C17H23N3O2. The van der Waals surface area contributed by atoms with Gasteiger partial charge < -0.3 is 10.6 Å². The number of nitrogens with zero attached hydrogens (tertiary/aromatic N) is 1. The van der Waals surface area contributed by atoms with Crippen LogP contribution < -0.4 is 15.5 Å². The molecule has 1 saturated carbocycles. The summed E-state index contributed by atoms with van der Waals surface area (Å²) >= 11 is 0. The molecule has 0 saturated heterocycles. The van der Waals surface area contributed by atoms with Crippen LogP contribution in [0.2, 0.25) is 0 Å². The first-order valence-corrected chi connectivity index (χ1v) is 7.96. The lowest BCUT2D eigenvalue weighted by Crippen LogP contribution is -2.56. The number of para-hydroxylation sites is 2. The van der Waals surface area contributed by atoms with E-state index in [-0.39, 0.29) is 24.4 Å². The van der Waals surface area contributed by atoms with Crippen LogP contribution in [0.15, 0.2) is 24.3 Å². The Morgan fingerprint density at radius 3 is 2.73 bits per heavy atom. The van der Waals surface area contributed by atoms with E-state index in [9.17, 15) is 9.59 Å². The molecule has 1 fully saturated rings. The number of rotatable bonds is 3. The van der Waals surface area contributed by atoms with Crippen LogP contribution in [0.1, 0.15) is 39.5 Å². The predicted octanol–water partition coefficient (Wildman–Crippen LogP) is 2.28. The molecule has 2 aliphatic rings. The monoisotopic (exact) mass is 301 g/mol. The average Bonchev–Trinajstić information content (AvgIpc) is 2.96. The third-order valence-corrected chi connectivity index (χ3v) is 4.44. The van der Waals surface area contributed by atoms with Crippen LogP contribution >= 0.6 is 0 Å². The molecular weight excluding hydrogens is 278 g/mol. The fourth-order valence-corrected chi connectivity index (χ4v) is 3.30. The Labute approximate surface area is 131 Å². The van der Waals surface area contributed by atoms with E-state index in [4.69, 9.17) is 0 Å². The SMILES string of the molecule is CC1(C)Nc2ccccc2N(CC(=O)NC2CCCC2)C1=O. The zero-order chi connectivity index (χ0) is 15.7. The van der Waals surface area contributed by atoms with E-state index >= 15 is 0 Å². The fraction of sp³-hybridized carbons (Fsp3) is 0.529. The molecule has 0 unspecified atom stereocenters. The van der Waals surface area contributed by atoms with E-state index < -0.39 is 5.54 Å². The van der Waals surface area contributed by atoms with Crippen LogP contribution in [0, 0.1) is 0 Å².